The molecule has 0 bridgehead atoms. The van der Waals surface area contributed by atoms with Crippen LogP contribution in [0.5, 0.6) is 0 Å². The van der Waals surface area contributed by atoms with Crippen LogP contribution >= 0.6 is 0 Å². The molecule has 0 fully saturated rings. The van der Waals surface area contributed by atoms with Gasteiger partial charge in [-0.25, -0.2) is 9.59 Å². The molecule has 1 rings (SSSR count). The lowest BCUT2D eigenvalue weighted by molar-refractivity contribution is -0.122. The highest BCUT2D eigenvalue weighted by atomic mass is 28.1. The van der Waals surface area contributed by atoms with E-state index in [0.29, 0.717) is 16.9 Å². The van der Waals surface area contributed by atoms with Gasteiger partial charge in [-0.15, -0.1) is 0 Å². The molecule has 0 aliphatic heterocycles. The molecule has 0 aromatic heterocycles. The van der Waals surface area contributed by atoms with Gasteiger partial charge in [-0.1, -0.05) is 5.19 Å². The molecule has 0 amide bonds. The summed E-state index contributed by atoms with van der Waals surface area (Å²) in [7, 11) is 0.803. The summed E-state index contributed by atoms with van der Waals surface area (Å²) >= 11 is 0. The predicted molar refractivity (Wildman–Crippen MR) is 65.0 cm³/mol. The Bertz CT molecular complexity index is 464. The van der Waals surface area contributed by atoms with Crippen molar-refractivity contribution in [3.63, 3.8) is 0 Å². The minimum atomic E-state index is -0.250. The van der Waals surface area contributed by atoms with Crippen molar-refractivity contribution in [2.75, 3.05) is 0 Å². The smallest absolute Gasteiger partial charge is 0.290 e. The molecule has 17 heavy (non-hydrogen) atoms. The molecule has 1 aromatic rings. The second-order valence-electron chi connectivity index (χ2n) is 2.94. The van der Waals surface area contributed by atoms with Crippen molar-refractivity contribution in [3.8, 4) is 0 Å². The van der Waals surface area contributed by atoms with Gasteiger partial charge < -0.3 is 5.11 Å². The van der Waals surface area contributed by atoms with E-state index in [1.54, 1.807) is 19.1 Å². The fourth-order valence-corrected chi connectivity index (χ4v) is 1.70. The number of aliphatic imine (C=N–C) groups is 2. The van der Waals surface area contributed by atoms with Gasteiger partial charge in [-0.2, -0.15) is 9.98 Å². The lowest BCUT2D eigenvalue weighted by Gasteiger charge is -2.03. The lowest BCUT2D eigenvalue weighted by atomic mass is 10.1. The molecule has 0 radical (unpaired) electrons. The quantitative estimate of drug-likeness (QED) is 0.335. The molecule has 0 aliphatic carbocycles. The largest absolute Gasteiger partial charge is 0.483 e. The number of carbonyl (C=O) groups excluding carboxylic acids is 2. The molecular formula is C10H10N2O4Si. The Morgan fingerprint density at radius 3 is 1.88 bits per heavy atom. The van der Waals surface area contributed by atoms with E-state index < -0.39 is 0 Å². The van der Waals surface area contributed by atoms with Gasteiger partial charge in [0.15, 0.2) is 0 Å². The predicted octanol–water partition coefficient (Wildman–Crippen LogP) is -0.379. The van der Waals surface area contributed by atoms with E-state index in [2.05, 4.69) is 9.98 Å². The molecule has 7 heteroatoms. The number of benzene rings is 1. The van der Waals surface area contributed by atoms with Crippen LogP contribution in [0, 0.1) is 6.92 Å². The first kappa shape index (κ1) is 14.7. The molecule has 0 unspecified atom stereocenters. The molecule has 1 N–H and O–H groups in total. The molecule has 88 valence electrons. The van der Waals surface area contributed by atoms with Crippen molar-refractivity contribution in [2.24, 2.45) is 9.98 Å². The summed E-state index contributed by atoms with van der Waals surface area (Å²) in [5.41, 5.74) is 1.72. The van der Waals surface area contributed by atoms with Gasteiger partial charge in [0.1, 0.15) is 0 Å². The Morgan fingerprint density at radius 1 is 1.24 bits per heavy atom. The van der Waals surface area contributed by atoms with E-state index in [1.165, 1.54) is 12.2 Å². The van der Waals surface area contributed by atoms with Gasteiger partial charge in [0.05, 0.1) is 11.4 Å². The summed E-state index contributed by atoms with van der Waals surface area (Å²) in [5.74, 6) is 0. The fourth-order valence-electron chi connectivity index (χ4n) is 1.15. The van der Waals surface area contributed by atoms with Crippen molar-refractivity contribution in [2.45, 2.75) is 6.92 Å². The van der Waals surface area contributed by atoms with Crippen LogP contribution < -0.4 is 5.19 Å². The maximum Gasteiger partial charge on any atom is 0.290 e. The Labute approximate surface area is 100 Å². The van der Waals surface area contributed by atoms with Gasteiger partial charge in [-0.3, -0.25) is 4.79 Å². The maximum atomic E-state index is 10.1. The zero-order valence-corrected chi connectivity index (χ0v) is 11.3. The zero-order valence-electron chi connectivity index (χ0n) is 9.30. The van der Waals surface area contributed by atoms with Gasteiger partial charge in [0.25, 0.3) is 6.47 Å². The topological polar surface area (TPSA) is 96.2 Å². The number of nitrogens with zero attached hydrogens (tertiary/aromatic N) is 2. The first-order valence-electron chi connectivity index (χ1n) is 4.45. The van der Waals surface area contributed by atoms with E-state index in [0.717, 1.165) is 15.4 Å². The van der Waals surface area contributed by atoms with Crippen LogP contribution in [0.15, 0.2) is 22.1 Å². The molecule has 0 spiro atoms. The van der Waals surface area contributed by atoms with E-state index >= 15 is 0 Å². The van der Waals surface area contributed by atoms with Gasteiger partial charge in [0.2, 0.25) is 12.2 Å². The Kier molecular flexibility index (Phi) is 6.81. The van der Waals surface area contributed by atoms with Gasteiger partial charge >= 0.3 is 0 Å². The summed E-state index contributed by atoms with van der Waals surface area (Å²) < 4.78 is 0. The first-order chi connectivity index (χ1) is 8.10. The number of rotatable bonds is 2. The number of isocyanates is 2. The third kappa shape index (κ3) is 4.81. The summed E-state index contributed by atoms with van der Waals surface area (Å²) in [6, 6.07) is 3.58. The minimum absolute atomic E-state index is 0.250. The van der Waals surface area contributed by atoms with Crippen LogP contribution in [-0.4, -0.2) is 34.0 Å². The first-order valence-corrected chi connectivity index (χ1v) is 5.45. The second kappa shape index (κ2) is 7.89. The minimum Gasteiger partial charge on any atom is -0.483 e. The van der Waals surface area contributed by atoms with E-state index in [-0.39, 0.29) is 6.47 Å². The summed E-state index contributed by atoms with van der Waals surface area (Å²) in [4.78, 5) is 35.7. The van der Waals surface area contributed by atoms with Crippen LogP contribution in [0.3, 0.4) is 0 Å². The Hall–Kier alpha value is -2.33. The fraction of sp³-hybridized carbons (Fsp3) is 0.100. The van der Waals surface area contributed by atoms with E-state index in [4.69, 9.17) is 9.90 Å². The molecule has 6 nitrogen and oxygen atoms in total. The third-order valence-corrected chi connectivity index (χ3v) is 2.41. The van der Waals surface area contributed by atoms with Crippen LogP contribution in [0.2, 0.25) is 0 Å². The average Bonchev–Trinajstić information content (AvgIpc) is 2.26. The molecule has 0 saturated carbocycles. The molecule has 0 atom stereocenters. The molecule has 1 aromatic carbocycles. The summed E-state index contributed by atoms with van der Waals surface area (Å²) in [6.07, 6.45) is 2.94. The van der Waals surface area contributed by atoms with Crippen LogP contribution in [0.25, 0.3) is 0 Å². The van der Waals surface area contributed by atoms with Crippen molar-refractivity contribution in [1.29, 1.82) is 0 Å². The van der Waals surface area contributed by atoms with E-state index in [1.807, 2.05) is 0 Å². The highest BCUT2D eigenvalue weighted by Crippen LogP contribution is 2.25. The second-order valence-corrected chi connectivity index (χ2v) is 4.09. The average molecular weight is 250 g/mol. The van der Waals surface area contributed by atoms with Crippen molar-refractivity contribution in [3.05, 3.63) is 17.7 Å². The number of hydrogen-bond donors (Lipinski definition) is 1. The molecule has 0 aliphatic rings. The van der Waals surface area contributed by atoms with Gasteiger partial charge in [0, 0.05) is 15.8 Å². The summed E-state index contributed by atoms with van der Waals surface area (Å²) in [5, 5.41) is 7.90. The molecule has 0 saturated heterocycles. The van der Waals surface area contributed by atoms with Crippen molar-refractivity contribution in [1.82, 2.24) is 0 Å². The maximum absolute atomic E-state index is 10.1. The van der Waals surface area contributed by atoms with Crippen LogP contribution in [0.4, 0.5) is 11.4 Å². The van der Waals surface area contributed by atoms with Crippen molar-refractivity contribution < 1.29 is 19.5 Å². The van der Waals surface area contributed by atoms with Crippen molar-refractivity contribution >= 4 is 45.4 Å². The van der Waals surface area contributed by atoms with Crippen LogP contribution in [-0.2, 0) is 14.4 Å². The molecular weight excluding hydrogens is 240 g/mol. The number of carbonyl (C=O) groups is 1. The van der Waals surface area contributed by atoms with Crippen LogP contribution in [0.1, 0.15) is 5.56 Å². The Morgan fingerprint density at radius 2 is 1.59 bits per heavy atom. The number of hydrogen-bond acceptors (Lipinski definition) is 5. The number of carboxylic acid groups (broad SMARTS) is 1. The zero-order chi connectivity index (χ0) is 13.3. The highest BCUT2D eigenvalue weighted by molar-refractivity contribution is 6.33. The SMILES string of the molecule is Cc1c(N=C=O)cc([SiH3])cc1N=C=O.O=CO. The third-order valence-electron chi connectivity index (χ3n) is 1.83. The van der Waals surface area contributed by atoms with E-state index in [9.17, 15) is 9.59 Å². The Balaban J connectivity index is 0.000000770. The monoisotopic (exact) mass is 250 g/mol. The lowest BCUT2D eigenvalue weighted by Crippen LogP contribution is -2.01. The molecule has 0 heterocycles. The summed E-state index contributed by atoms with van der Waals surface area (Å²) in [6.45, 7) is 1.49. The standard InChI is InChI=1S/C9H8N2O2Si.CH2O2/c1-6-8(10-4-12)2-7(14)3-9(6)11-5-13;2-1-3/h2-3H,1,14H3;1H,(H,2,3). The van der Waals surface area contributed by atoms with Gasteiger partial charge in [-0.05, 0) is 19.1 Å². The normalized spacial score (nSPS) is 8.06. The highest BCUT2D eigenvalue weighted by Gasteiger charge is 2.03.